The first kappa shape index (κ1) is 21.5. The lowest BCUT2D eigenvalue weighted by Crippen LogP contribution is -2.47. The molecule has 6 heteroatoms. The highest BCUT2D eigenvalue weighted by atomic mass is 16.2. The topological polar surface area (TPSA) is 74.3 Å². The van der Waals surface area contributed by atoms with Gasteiger partial charge in [0.05, 0.1) is 6.04 Å². The van der Waals surface area contributed by atoms with Gasteiger partial charge in [-0.1, -0.05) is 56.0 Å². The first-order chi connectivity index (χ1) is 15.2. The number of benzene rings is 1. The van der Waals surface area contributed by atoms with Crippen LogP contribution in [0.25, 0.3) is 0 Å². The molecule has 2 aliphatic rings. The Balaban J connectivity index is 1.40. The maximum atomic E-state index is 12.6. The van der Waals surface area contributed by atoms with Crippen LogP contribution in [0.1, 0.15) is 61.3 Å². The molecule has 2 heterocycles. The molecule has 0 saturated heterocycles. The molecule has 6 nitrogen and oxygen atoms in total. The molecule has 1 aliphatic carbocycles. The summed E-state index contributed by atoms with van der Waals surface area (Å²) >= 11 is 0. The van der Waals surface area contributed by atoms with Crippen LogP contribution in [0.2, 0.25) is 0 Å². The average molecular weight is 421 g/mol. The van der Waals surface area contributed by atoms with Gasteiger partial charge in [0.2, 0.25) is 0 Å². The maximum Gasteiger partial charge on any atom is 0.309 e. The third-order valence-corrected chi connectivity index (χ3v) is 6.52. The summed E-state index contributed by atoms with van der Waals surface area (Å²) in [6.45, 7) is 2.10. The number of carbonyl (C=O) groups is 2. The number of hydrogen-bond donors (Lipinski definition) is 2. The third-order valence-electron chi connectivity index (χ3n) is 6.52. The molecule has 1 saturated carbocycles. The smallest absolute Gasteiger partial charge is 0.309 e. The monoisotopic (exact) mass is 420 g/mol. The molecule has 0 bridgehead atoms. The van der Waals surface area contributed by atoms with E-state index in [4.69, 9.17) is 0 Å². The first-order valence-electron chi connectivity index (χ1n) is 11.5. The van der Waals surface area contributed by atoms with E-state index in [-0.39, 0.29) is 12.1 Å². The van der Waals surface area contributed by atoms with Crippen molar-refractivity contribution in [3.05, 3.63) is 65.5 Å². The van der Waals surface area contributed by atoms with Crippen LogP contribution < -0.4 is 10.6 Å². The van der Waals surface area contributed by atoms with Gasteiger partial charge >= 0.3 is 11.8 Å². The lowest BCUT2D eigenvalue weighted by atomic mass is 9.97. The van der Waals surface area contributed by atoms with Crippen molar-refractivity contribution >= 4 is 11.8 Å². The molecule has 1 atom stereocenters. The van der Waals surface area contributed by atoms with Crippen molar-refractivity contribution in [2.45, 2.75) is 63.6 Å². The summed E-state index contributed by atoms with van der Waals surface area (Å²) in [5.74, 6) is -1.06. The Bertz CT molecular complexity index is 878. The van der Waals surface area contributed by atoms with E-state index in [2.05, 4.69) is 44.8 Å². The second-order valence-electron chi connectivity index (χ2n) is 8.66. The van der Waals surface area contributed by atoms with Crippen LogP contribution in [0.5, 0.6) is 0 Å². The molecule has 2 N–H and O–H groups in total. The number of amides is 2. The number of aromatic nitrogens is 1. The summed E-state index contributed by atoms with van der Waals surface area (Å²) in [5, 5.41) is 5.82. The zero-order valence-corrected chi connectivity index (χ0v) is 18.1. The molecule has 4 rings (SSSR count). The number of nitrogens with one attached hydrogen (secondary N) is 2. The summed E-state index contributed by atoms with van der Waals surface area (Å²) < 4.78 is 0. The maximum absolute atomic E-state index is 12.6. The van der Waals surface area contributed by atoms with Crippen molar-refractivity contribution in [3.8, 4) is 0 Å². The molecule has 164 valence electrons. The number of rotatable bonds is 5. The van der Waals surface area contributed by atoms with E-state index in [1.807, 2.05) is 18.3 Å². The fraction of sp³-hybridized carbons (Fsp3) is 0.480. The van der Waals surface area contributed by atoms with Crippen molar-refractivity contribution in [2.24, 2.45) is 0 Å². The summed E-state index contributed by atoms with van der Waals surface area (Å²) in [4.78, 5) is 31.7. The zero-order chi connectivity index (χ0) is 21.5. The van der Waals surface area contributed by atoms with Crippen LogP contribution in [0.15, 0.2) is 48.8 Å². The van der Waals surface area contributed by atoms with E-state index in [1.54, 1.807) is 6.20 Å². The van der Waals surface area contributed by atoms with E-state index in [1.165, 1.54) is 24.0 Å². The number of carbonyl (C=O) groups excluding carboxylic acids is 2. The Morgan fingerprint density at radius 2 is 1.77 bits per heavy atom. The van der Waals surface area contributed by atoms with Gasteiger partial charge in [-0.15, -0.1) is 0 Å². The van der Waals surface area contributed by atoms with Crippen molar-refractivity contribution in [2.75, 3.05) is 13.1 Å². The molecule has 0 spiro atoms. The Kier molecular flexibility index (Phi) is 7.30. The third kappa shape index (κ3) is 5.70. The Labute approximate surface area is 184 Å². The van der Waals surface area contributed by atoms with Gasteiger partial charge in [0.25, 0.3) is 0 Å². The van der Waals surface area contributed by atoms with Crippen molar-refractivity contribution in [1.29, 1.82) is 0 Å². The Morgan fingerprint density at radius 3 is 2.52 bits per heavy atom. The predicted molar refractivity (Wildman–Crippen MR) is 120 cm³/mol. The Morgan fingerprint density at radius 1 is 1.00 bits per heavy atom. The second-order valence-corrected chi connectivity index (χ2v) is 8.66. The zero-order valence-electron chi connectivity index (χ0n) is 18.1. The Hall–Kier alpha value is -2.73. The summed E-state index contributed by atoms with van der Waals surface area (Å²) in [7, 11) is 0. The standard InChI is InChI=1S/C25H32N4O2/c30-24(25(31)28-22-11-3-1-2-4-12-22)27-17-23(20-10-7-14-26-16-20)29-15-13-19-8-5-6-9-21(19)18-29/h5-10,14,16,22-23H,1-4,11-13,15,17-18H2,(H,27,30)(H,28,31)/t23-/m1/s1. The quantitative estimate of drug-likeness (QED) is 0.576. The fourth-order valence-corrected chi connectivity index (χ4v) is 4.76. The highest BCUT2D eigenvalue weighted by Gasteiger charge is 2.27. The molecular weight excluding hydrogens is 388 g/mol. The minimum absolute atomic E-state index is 0.0308. The number of nitrogens with zero attached hydrogens (tertiary/aromatic N) is 2. The lowest BCUT2D eigenvalue weighted by molar-refractivity contribution is -0.139. The normalized spacial score (nSPS) is 18.5. The fourth-order valence-electron chi connectivity index (χ4n) is 4.76. The molecule has 31 heavy (non-hydrogen) atoms. The first-order valence-corrected chi connectivity index (χ1v) is 11.5. The van der Waals surface area contributed by atoms with Crippen LogP contribution in [-0.2, 0) is 22.6 Å². The predicted octanol–water partition coefficient (Wildman–Crippen LogP) is 3.14. The summed E-state index contributed by atoms with van der Waals surface area (Å²) in [5.41, 5.74) is 3.75. The molecule has 1 aliphatic heterocycles. The highest BCUT2D eigenvalue weighted by molar-refractivity contribution is 6.35. The molecule has 0 radical (unpaired) electrons. The molecule has 1 fully saturated rings. The molecule has 1 aromatic heterocycles. The highest BCUT2D eigenvalue weighted by Crippen LogP contribution is 2.27. The van der Waals surface area contributed by atoms with Gasteiger partial charge in [0, 0.05) is 38.1 Å². The van der Waals surface area contributed by atoms with Gasteiger partial charge in [0.15, 0.2) is 0 Å². The molecule has 0 unspecified atom stereocenters. The SMILES string of the molecule is O=C(NC[C@H](c1cccnc1)N1CCc2ccccc2C1)C(=O)NC1CCCCCC1. The lowest BCUT2D eigenvalue weighted by Gasteiger charge is -2.36. The van der Waals surface area contributed by atoms with Crippen LogP contribution >= 0.6 is 0 Å². The number of hydrogen-bond acceptors (Lipinski definition) is 4. The van der Waals surface area contributed by atoms with E-state index in [0.29, 0.717) is 6.54 Å². The summed E-state index contributed by atoms with van der Waals surface area (Å²) in [6, 6.07) is 12.6. The average Bonchev–Trinajstić information content (AvgIpc) is 3.08. The van der Waals surface area contributed by atoms with E-state index in [9.17, 15) is 9.59 Å². The molecule has 2 aromatic rings. The van der Waals surface area contributed by atoms with Crippen molar-refractivity contribution < 1.29 is 9.59 Å². The number of fused-ring (bicyclic) bond motifs is 1. The van der Waals surface area contributed by atoms with Gasteiger partial charge in [0.1, 0.15) is 0 Å². The minimum Gasteiger partial charge on any atom is -0.346 e. The molecule has 2 amide bonds. The largest absolute Gasteiger partial charge is 0.346 e. The van der Waals surface area contributed by atoms with Gasteiger partial charge in [-0.05, 0) is 42.0 Å². The van der Waals surface area contributed by atoms with Gasteiger partial charge < -0.3 is 10.6 Å². The van der Waals surface area contributed by atoms with Gasteiger partial charge in [-0.2, -0.15) is 0 Å². The van der Waals surface area contributed by atoms with Crippen LogP contribution in [0, 0.1) is 0 Å². The second kappa shape index (κ2) is 10.5. The van der Waals surface area contributed by atoms with Crippen molar-refractivity contribution in [3.63, 3.8) is 0 Å². The minimum atomic E-state index is -0.546. The van der Waals surface area contributed by atoms with Crippen LogP contribution in [0.3, 0.4) is 0 Å². The van der Waals surface area contributed by atoms with Crippen molar-refractivity contribution in [1.82, 2.24) is 20.5 Å². The summed E-state index contributed by atoms with van der Waals surface area (Å²) in [6.07, 6.45) is 11.2. The van der Waals surface area contributed by atoms with E-state index in [0.717, 1.165) is 50.8 Å². The van der Waals surface area contributed by atoms with E-state index >= 15 is 0 Å². The van der Waals surface area contributed by atoms with Gasteiger partial charge in [-0.3, -0.25) is 19.5 Å². The molecular formula is C25H32N4O2. The van der Waals surface area contributed by atoms with Crippen LogP contribution in [-0.4, -0.2) is 40.8 Å². The van der Waals surface area contributed by atoms with E-state index < -0.39 is 11.8 Å². The molecule has 1 aromatic carbocycles. The number of pyridine rings is 1. The van der Waals surface area contributed by atoms with Gasteiger partial charge in [-0.25, -0.2) is 0 Å². The van der Waals surface area contributed by atoms with Crippen LogP contribution in [0.4, 0.5) is 0 Å².